The van der Waals surface area contributed by atoms with Gasteiger partial charge in [-0.3, -0.25) is 0 Å². The van der Waals surface area contributed by atoms with Crippen molar-refractivity contribution in [2.24, 2.45) is 0 Å². The lowest BCUT2D eigenvalue weighted by molar-refractivity contribution is -0.146. The van der Waals surface area contributed by atoms with Gasteiger partial charge in [-0.05, 0) is 25.3 Å². The standard InChI is InChI=1S/C15H15NO3/c1-2-18-14(17)10-19-15-12(9-16)8-7-11-5-3-4-6-13(11)15/h3-6H,2,7-8,10H2,1H3. The van der Waals surface area contributed by atoms with Crippen molar-refractivity contribution in [3.63, 3.8) is 0 Å². The Hall–Kier alpha value is -2.28. The van der Waals surface area contributed by atoms with Gasteiger partial charge in [0.15, 0.2) is 6.61 Å². The molecule has 98 valence electrons. The van der Waals surface area contributed by atoms with Gasteiger partial charge in [-0.25, -0.2) is 4.79 Å². The number of aryl methyl sites for hydroxylation is 1. The Morgan fingerprint density at radius 1 is 1.37 bits per heavy atom. The number of fused-ring (bicyclic) bond motifs is 1. The van der Waals surface area contributed by atoms with E-state index in [0.29, 0.717) is 24.4 Å². The topological polar surface area (TPSA) is 59.3 Å². The van der Waals surface area contributed by atoms with Crippen LogP contribution in [0.3, 0.4) is 0 Å². The van der Waals surface area contributed by atoms with Crippen LogP contribution in [0, 0.1) is 11.3 Å². The zero-order chi connectivity index (χ0) is 13.7. The molecule has 0 N–H and O–H groups in total. The van der Waals surface area contributed by atoms with Crippen molar-refractivity contribution in [3.8, 4) is 6.07 Å². The zero-order valence-electron chi connectivity index (χ0n) is 10.8. The number of ether oxygens (including phenoxy) is 2. The summed E-state index contributed by atoms with van der Waals surface area (Å²) in [6.07, 6.45) is 1.47. The van der Waals surface area contributed by atoms with Gasteiger partial charge in [-0.15, -0.1) is 0 Å². The minimum Gasteiger partial charge on any atom is -0.480 e. The fraction of sp³-hybridized carbons (Fsp3) is 0.333. The van der Waals surface area contributed by atoms with Gasteiger partial charge in [0.05, 0.1) is 18.2 Å². The summed E-state index contributed by atoms with van der Waals surface area (Å²) < 4.78 is 10.3. The number of hydrogen-bond donors (Lipinski definition) is 0. The van der Waals surface area contributed by atoms with Gasteiger partial charge >= 0.3 is 5.97 Å². The van der Waals surface area contributed by atoms with Gasteiger partial charge in [-0.2, -0.15) is 5.26 Å². The van der Waals surface area contributed by atoms with Gasteiger partial charge < -0.3 is 9.47 Å². The fourth-order valence-electron chi connectivity index (χ4n) is 2.10. The van der Waals surface area contributed by atoms with Gasteiger partial charge in [0.1, 0.15) is 5.76 Å². The van der Waals surface area contributed by atoms with Gasteiger partial charge in [0.25, 0.3) is 0 Å². The maximum Gasteiger partial charge on any atom is 0.344 e. The van der Waals surface area contributed by atoms with E-state index in [1.54, 1.807) is 6.92 Å². The zero-order valence-corrected chi connectivity index (χ0v) is 10.8. The average Bonchev–Trinajstić information content (AvgIpc) is 2.44. The first kappa shape index (κ1) is 13.2. The van der Waals surface area contributed by atoms with Crippen molar-refractivity contribution >= 4 is 11.7 Å². The molecule has 0 aliphatic heterocycles. The highest BCUT2D eigenvalue weighted by molar-refractivity contribution is 5.75. The minimum absolute atomic E-state index is 0.164. The van der Waals surface area contributed by atoms with Crippen LogP contribution in [0.4, 0.5) is 0 Å². The first-order valence-electron chi connectivity index (χ1n) is 6.26. The van der Waals surface area contributed by atoms with Crippen LogP contribution in [0.5, 0.6) is 0 Å². The molecule has 1 aromatic rings. The second-order valence-electron chi connectivity index (χ2n) is 4.17. The minimum atomic E-state index is -0.421. The molecule has 2 rings (SSSR count). The van der Waals surface area contributed by atoms with Crippen molar-refractivity contribution in [2.45, 2.75) is 19.8 Å². The van der Waals surface area contributed by atoms with E-state index in [4.69, 9.17) is 14.7 Å². The third kappa shape index (κ3) is 2.94. The lowest BCUT2D eigenvalue weighted by Crippen LogP contribution is -2.14. The van der Waals surface area contributed by atoms with Crippen LogP contribution in [0.25, 0.3) is 5.76 Å². The fourth-order valence-corrected chi connectivity index (χ4v) is 2.10. The molecule has 19 heavy (non-hydrogen) atoms. The first-order chi connectivity index (χ1) is 9.26. The number of hydrogen-bond acceptors (Lipinski definition) is 4. The van der Waals surface area contributed by atoms with E-state index < -0.39 is 5.97 Å². The summed E-state index contributed by atoms with van der Waals surface area (Å²) in [5.74, 6) is 0.0905. The molecule has 0 heterocycles. The highest BCUT2D eigenvalue weighted by atomic mass is 16.6. The molecule has 4 nitrogen and oxygen atoms in total. The van der Waals surface area contributed by atoms with E-state index in [9.17, 15) is 4.79 Å². The number of esters is 1. The molecule has 0 spiro atoms. The van der Waals surface area contributed by atoms with Gasteiger partial charge in [-0.1, -0.05) is 24.3 Å². The van der Waals surface area contributed by atoms with Crippen LogP contribution >= 0.6 is 0 Å². The molecular formula is C15H15NO3. The summed E-state index contributed by atoms with van der Waals surface area (Å²) in [7, 11) is 0. The number of allylic oxidation sites excluding steroid dienone is 1. The molecule has 0 unspecified atom stereocenters. The monoisotopic (exact) mass is 257 g/mol. The maximum absolute atomic E-state index is 11.3. The molecule has 1 aromatic carbocycles. The molecule has 0 aromatic heterocycles. The molecule has 0 amide bonds. The van der Waals surface area contributed by atoms with Crippen molar-refractivity contribution < 1.29 is 14.3 Å². The third-order valence-electron chi connectivity index (χ3n) is 2.96. The Morgan fingerprint density at radius 3 is 2.89 bits per heavy atom. The number of carbonyl (C=O) groups excluding carboxylic acids is 1. The Morgan fingerprint density at radius 2 is 2.16 bits per heavy atom. The maximum atomic E-state index is 11.3. The smallest absolute Gasteiger partial charge is 0.344 e. The summed E-state index contributed by atoms with van der Waals surface area (Å²) in [5.41, 5.74) is 2.62. The van der Waals surface area contributed by atoms with E-state index in [0.717, 1.165) is 17.5 Å². The molecular weight excluding hydrogens is 242 g/mol. The summed E-state index contributed by atoms with van der Waals surface area (Å²) >= 11 is 0. The second kappa shape index (κ2) is 6.05. The van der Waals surface area contributed by atoms with E-state index in [-0.39, 0.29) is 6.61 Å². The Balaban J connectivity index is 2.22. The molecule has 0 atom stereocenters. The lowest BCUT2D eigenvalue weighted by atomic mass is 9.91. The van der Waals surface area contributed by atoms with E-state index in [2.05, 4.69) is 6.07 Å². The van der Waals surface area contributed by atoms with Crippen molar-refractivity contribution in [3.05, 3.63) is 41.0 Å². The van der Waals surface area contributed by atoms with Crippen molar-refractivity contribution in [2.75, 3.05) is 13.2 Å². The highest BCUT2D eigenvalue weighted by Crippen LogP contribution is 2.31. The summed E-state index contributed by atoms with van der Waals surface area (Å²) in [4.78, 5) is 11.3. The van der Waals surface area contributed by atoms with Gasteiger partial charge in [0, 0.05) is 5.56 Å². The predicted molar refractivity (Wildman–Crippen MR) is 69.9 cm³/mol. The molecule has 0 radical (unpaired) electrons. The molecule has 0 saturated heterocycles. The number of carbonyl (C=O) groups is 1. The Bertz CT molecular complexity index is 555. The van der Waals surface area contributed by atoms with Crippen LogP contribution < -0.4 is 0 Å². The van der Waals surface area contributed by atoms with Crippen LogP contribution in [-0.4, -0.2) is 19.2 Å². The molecule has 0 bridgehead atoms. The first-order valence-corrected chi connectivity index (χ1v) is 6.26. The van der Waals surface area contributed by atoms with Crippen molar-refractivity contribution in [1.29, 1.82) is 5.26 Å². The quantitative estimate of drug-likeness (QED) is 0.777. The third-order valence-corrected chi connectivity index (χ3v) is 2.96. The van der Waals surface area contributed by atoms with Crippen LogP contribution in [0.15, 0.2) is 29.8 Å². The highest BCUT2D eigenvalue weighted by Gasteiger charge is 2.20. The number of benzene rings is 1. The largest absolute Gasteiger partial charge is 0.480 e. The lowest BCUT2D eigenvalue weighted by Gasteiger charge is -2.20. The summed E-state index contributed by atoms with van der Waals surface area (Å²) in [6, 6.07) is 9.93. The predicted octanol–water partition coefficient (Wildman–Crippen LogP) is 2.45. The van der Waals surface area contributed by atoms with Crippen LogP contribution in [0.1, 0.15) is 24.5 Å². The van der Waals surface area contributed by atoms with E-state index >= 15 is 0 Å². The molecule has 1 aliphatic carbocycles. The number of rotatable bonds is 4. The molecule has 0 fully saturated rings. The van der Waals surface area contributed by atoms with Crippen LogP contribution in [-0.2, 0) is 20.7 Å². The number of nitriles is 1. The summed E-state index contributed by atoms with van der Waals surface area (Å²) in [5, 5.41) is 9.15. The molecule has 0 saturated carbocycles. The summed E-state index contributed by atoms with van der Waals surface area (Å²) in [6.45, 7) is 1.90. The Kier molecular flexibility index (Phi) is 4.19. The van der Waals surface area contributed by atoms with Crippen LogP contribution in [0.2, 0.25) is 0 Å². The normalized spacial score (nSPS) is 13.5. The second-order valence-corrected chi connectivity index (χ2v) is 4.17. The average molecular weight is 257 g/mol. The SMILES string of the molecule is CCOC(=O)COC1=C(C#N)CCc2ccccc21. The van der Waals surface area contributed by atoms with Crippen molar-refractivity contribution in [1.82, 2.24) is 0 Å². The van der Waals surface area contributed by atoms with Gasteiger partial charge in [0.2, 0.25) is 0 Å². The number of nitrogens with zero attached hydrogens (tertiary/aromatic N) is 1. The molecule has 1 aliphatic rings. The van der Waals surface area contributed by atoms with E-state index in [1.807, 2.05) is 24.3 Å². The Labute approximate surface area is 112 Å². The molecule has 4 heteroatoms. The van der Waals surface area contributed by atoms with E-state index in [1.165, 1.54) is 0 Å².